The normalized spacial score (nSPS) is 15.8. The molecule has 1 N–H and O–H groups in total. The lowest BCUT2D eigenvalue weighted by molar-refractivity contribution is -0.135. The number of carbonyl (C=O) groups is 1. The fourth-order valence-corrected chi connectivity index (χ4v) is 3.01. The summed E-state index contributed by atoms with van der Waals surface area (Å²) in [7, 11) is 0. The van der Waals surface area contributed by atoms with E-state index in [9.17, 15) is 4.79 Å². The van der Waals surface area contributed by atoms with Crippen molar-refractivity contribution in [1.29, 1.82) is 0 Å². The molecule has 0 aliphatic carbocycles. The number of amides is 1. The van der Waals surface area contributed by atoms with E-state index in [-0.39, 0.29) is 5.91 Å². The van der Waals surface area contributed by atoms with Crippen LogP contribution in [0.3, 0.4) is 0 Å². The molecule has 1 amide bonds. The van der Waals surface area contributed by atoms with Crippen LogP contribution in [-0.2, 0) is 16.1 Å². The Morgan fingerprint density at radius 1 is 1.42 bits per heavy atom. The van der Waals surface area contributed by atoms with Crippen LogP contribution in [0.1, 0.15) is 22.0 Å². The van der Waals surface area contributed by atoms with Crippen molar-refractivity contribution in [2.24, 2.45) is 0 Å². The van der Waals surface area contributed by atoms with Gasteiger partial charge in [0.2, 0.25) is 5.91 Å². The van der Waals surface area contributed by atoms with Crippen LogP contribution in [0.15, 0.2) is 0 Å². The van der Waals surface area contributed by atoms with Crippen molar-refractivity contribution < 1.29 is 9.53 Å². The molecule has 1 aliphatic rings. The van der Waals surface area contributed by atoms with Gasteiger partial charge in [-0.2, -0.15) is 0 Å². The zero-order chi connectivity index (χ0) is 13.7. The van der Waals surface area contributed by atoms with Gasteiger partial charge in [0.25, 0.3) is 0 Å². The number of carbonyl (C=O) groups excluding carboxylic acids is 1. The SMILES string of the molecule is Cc1nc(C)c(CNCCC(=O)N2CCOCC2)s1. The summed E-state index contributed by atoms with van der Waals surface area (Å²) in [6, 6.07) is 0. The van der Waals surface area contributed by atoms with E-state index in [1.807, 2.05) is 18.7 Å². The van der Waals surface area contributed by atoms with Gasteiger partial charge in [-0.15, -0.1) is 11.3 Å². The minimum atomic E-state index is 0.216. The molecule has 1 aromatic rings. The van der Waals surface area contributed by atoms with Gasteiger partial charge in [-0.1, -0.05) is 0 Å². The van der Waals surface area contributed by atoms with Crippen molar-refractivity contribution in [3.05, 3.63) is 15.6 Å². The first-order valence-corrected chi connectivity index (χ1v) is 7.47. The van der Waals surface area contributed by atoms with E-state index in [1.165, 1.54) is 4.88 Å². The molecule has 2 rings (SSSR count). The van der Waals surface area contributed by atoms with Crippen molar-refractivity contribution >= 4 is 17.2 Å². The number of hydrogen-bond acceptors (Lipinski definition) is 5. The summed E-state index contributed by atoms with van der Waals surface area (Å²) >= 11 is 1.72. The van der Waals surface area contributed by atoms with Crippen LogP contribution >= 0.6 is 11.3 Å². The maximum Gasteiger partial charge on any atom is 0.224 e. The van der Waals surface area contributed by atoms with E-state index >= 15 is 0 Å². The Hall–Kier alpha value is -0.980. The molecule has 1 saturated heterocycles. The second-order valence-electron chi connectivity index (χ2n) is 4.66. The van der Waals surface area contributed by atoms with E-state index < -0.39 is 0 Å². The number of rotatable bonds is 5. The number of thiazole rings is 1. The Bertz CT molecular complexity index is 428. The van der Waals surface area contributed by atoms with Gasteiger partial charge in [-0.3, -0.25) is 4.79 Å². The zero-order valence-electron chi connectivity index (χ0n) is 11.6. The highest BCUT2D eigenvalue weighted by atomic mass is 32.1. The standard InChI is InChI=1S/C13H21N3O2S/c1-10-12(19-11(2)15-10)9-14-4-3-13(17)16-5-7-18-8-6-16/h14H,3-9H2,1-2H3. The molecule has 0 aromatic carbocycles. The first kappa shape index (κ1) is 14.4. The van der Waals surface area contributed by atoms with Crippen LogP contribution in [-0.4, -0.2) is 48.6 Å². The number of ether oxygens (including phenoxy) is 1. The monoisotopic (exact) mass is 283 g/mol. The molecular weight excluding hydrogens is 262 g/mol. The van der Waals surface area contributed by atoms with Crippen molar-refractivity contribution in [1.82, 2.24) is 15.2 Å². The minimum Gasteiger partial charge on any atom is -0.378 e. The third kappa shape index (κ3) is 4.26. The van der Waals surface area contributed by atoms with Gasteiger partial charge in [0, 0.05) is 37.5 Å². The molecule has 0 atom stereocenters. The van der Waals surface area contributed by atoms with E-state index in [1.54, 1.807) is 11.3 Å². The molecular formula is C13H21N3O2S. The van der Waals surface area contributed by atoms with Crippen molar-refractivity contribution in [3.63, 3.8) is 0 Å². The fraction of sp³-hybridized carbons (Fsp3) is 0.692. The number of aryl methyl sites for hydroxylation is 2. The lowest BCUT2D eigenvalue weighted by Gasteiger charge is -2.26. The maximum absolute atomic E-state index is 11.9. The lowest BCUT2D eigenvalue weighted by Crippen LogP contribution is -2.41. The molecule has 1 fully saturated rings. The van der Waals surface area contributed by atoms with Gasteiger partial charge in [0.05, 0.1) is 23.9 Å². The van der Waals surface area contributed by atoms with E-state index in [0.29, 0.717) is 26.2 Å². The Kier molecular flexibility index (Phi) is 5.30. The van der Waals surface area contributed by atoms with Gasteiger partial charge in [0.1, 0.15) is 0 Å². The van der Waals surface area contributed by atoms with E-state index in [4.69, 9.17) is 4.74 Å². The third-order valence-corrected chi connectivity index (χ3v) is 4.24. The molecule has 0 spiro atoms. The van der Waals surface area contributed by atoms with Crippen LogP contribution < -0.4 is 5.32 Å². The number of morpholine rings is 1. The predicted molar refractivity (Wildman–Crippen MR) is 75.3 cm³/mol. The molecule has 0 radical (unpaired) electrons. The van der Waals surface area contributed by atoms with Crippen molar-refractivity contribution in [2.45, 2.75) is 26.8 Å². The number of hydrogen-bond donors (Lipinski definition) is 1. The first-order chi connectivity index (χ1) is 9.16. The summed E-state index contributed by atoms with van der Waals surface area (Å²) < 4.78 is 5.23. The molecule has 0 bridgehead atoms. The topological polar surface area (TPSA) is 54.5 Å². The van der Waals surface area contributed by atoms with Crippen molar-refractivity contribution in [2.75, 3.05) is 32.8 Å². The minimum absolute atomic E-state index is 0.216. The summed E-state index contributed by atoms with van der Waals surface area (Å²) in [5.41, 5.74) is 1.09. The number of nitrogens with zero attached hydrogens (tertiary/aromatic N) is 2. The zero-order valence-corrected chi connectivity index (χ0v) is 12.4. The quantitative estimate of drug-likeness (QED) is 0.822. The van der Waals surface area contributed by atoms with Gasteiger partial charge < -0.3 is 15.0 Å². The molecule has 1 aliphatic heterocycles. The molecule has 5 nitrogen and oxygen atoms in total. The van der Waals surface area contributed by atoms with Crippen LogP contribution in [0.25, 0.3) is 0 Å². The highest BCUT2D eigenvalue weighted by Crippen LogP contribution is 2.16. The smallest absolute Gasteiger partial charge is 0.224 e. The lowest BCUT2D eigenvalue weighted by atomic mass is 10.3. The first-order valence-electron chi connectivity index (χ1n) is 6.66. The number of nitrogens with one attached hydrogen (secondary N) is 1. The van der Waals surface area contributed by atoms with Crippen LogP contribution in [0.5, 0.6) is 0 Å². The summed E-state index contributed by atoms with van der Waals surface area (Å²) in [6.45, 7) is 8.35. The predicted octanol–water partition coefficient (Wildman–Crippen LogP) is 1.10. The summed E-state index contributed by atoms with van der Waals surface area (Å²) in [5.74, 6) is 0.216. The highest BCUT2D eigenvalue weighted by Gasteiger charge is 2.15. The Morgan fingerprint density at radius 3 is 2.79 bits per heavy atom. The molecule has 2 heterocycles. The van der Waals surface area contributed by atoms with Gasteiger partial charge >= 0.3 is 0 Å². The summed E-state index contributed by atoms with van der Waals surface area (Å²) in [5, 5.41) is 4.41. The second-order valence-corrected chi connectivity index (χ2v) is 5.95. The van der Waals surface area contributed by atoms with Crippen LogP contribution in [0, 0.1) is 13.8 Å². The molecule has 0 unspecified atom stereocenters. The fourth-order valence-electron chi connectivity index (χ4n) is 2.11. The Labute approximate surface area is 118 Å². The largest absolute Gasteiger partial charge is 0.378 e. The van der Waals surface area contributed by atoms with Gasteiger partial charge in [0.15, 0.2) is 0 Å². The average Bonchev–Trinajstić information content (AvgIpc) is 2.74. The Morgan fingerprint density at radius 2 is 2.16 bits per heavy atom. The molecule has 19 heavy (non-hydrogen) atoms. The van der Waals surface area contributed by atoms with Crippen LogP contribution in [0.4, 0.5) is 0 Å². The van der Waals surface area contributed by atoms with Crippen LogP contribution in [0.2, 0.25) is 0 Å². The third-order valence-electron chi connectivity index (χ3n) is 3.16. The summed E-state index contributed by atoms with van der Waals surface area (Å²) in [6.07, 6.45) is 0.552. The maximum atomic E-state index is 11.9. The summed E-state index contributed by atoms with van der Waals surface area (Å²) in [4.78, 5) is 19.4. The number of aromatic nitrogens is 1. The Balaban J connectivity index is 1.66. The van der Waals surface area contributed by atoms with Gasteiger partial charge in [-0.05, 0) is 13.8 Å². The van der Waals surface area contributed by atoms with Crippen molar-refractivity contribution in [3.8, 4) is 0 Å². The molecule has 0 saturated carbocycles. The highest BCUT2D eigenvalue weighted by molar-refractivity contribution is 7.11. The molecule has 1 aromatic heterocycles. The molecule has 6 heteroatoms. The van der Waals surface area contributed by atoms with Gasteiger partial charge in [-0.25, -0.2) is 4.98 Å². The van der Waals surface area contributed by atoms with E-state index in [0.717, 1.165) is 30.3 Å². The van der Waals surface area contributed by atoms with E-state index in [2.05, 4.69) is 10.3 Å². The average molecular weight is 283 g/mol. The second kappa shape index (κ2) is 6.98. The molecule has 106 valence electrons.